The minimum Gasteiger partial charge on any atom is -0.397 e. The molecule has 1 amide bonds. The lowest BCUT2D eigenvalue weighted by molar-refractivity contribution is 0.0765. The van der Waals surface area contributed by atoms with Crippen LogP contribution in [0, 0.1) is 0 Å². The van der Waals surface area contributed by atoms with Crippen molar-refractivity contribution in [3.63, 3.8) is 0 Å². The molecule has 1 atom stereocenters. The number of anilines is 2. The summed E-state index contributed by atoms with van der Waals surface area (Å²) in [4.78, 5) is 24.0. The maximum Gasteiger partial charge on any atom is 0.255 e. The summed E-state index contributed by atoms with van der Waals surface area (Å²) in [5.41, 5.74) is 8.12. The van der Waals surface area contributed by atoms with Crippen LogP contribution in [0.2, 0.25) is 0 Å². The van der Waals surface area contributed by atoms with Crippen LogP contribution in [0.3, 0.4) is 0 Å². The summed E-state index contributed by atoms with van der Waals surface area (Å²) >= 11 is 1.61. The monoisotopic (exact) mass is 458 g/mol. The number of hydrogen-bond donors (Lipinski definition) is 4. The second kappa shape index (κ2) is 9.37. The zero-order valence-corrected chi connectivity index (χ0v) is 19.2. The number of carbonyl (C=O) groups is 1. The number of aliphatic hydroxyl groups is 1. The molecule has 0 radical (unpaired) electrons. The van der Waals surface area contributed by atoms with Gasteiger partial charge in [0.2, 0.25) is 7.37 Å². The number of carbonyl (C=O) groups excluding carboxylic acids is 1. The minimum atomic E-state index is -3.42. The number of amides is 1. The Hall–Kier alpha value is -2.44. The first kappa shape index (κ1) is 23.2. The molecule has 6 nitrogen and oxygen atoms in total. The van der Waals surface area contributed by atoms with E-state index in [0.29, 0.717) is 22.5 Å². The quantitative estimate of drug-likeness (QED) is 0.274. The van der Waals surface area contributed by atoms with Crippen molar-refractivity contribution in [2.24, 2.45) is 0 Å². The van der Waals surface area contributed by atoms with Gasteiger partial charge in [-0.2, -0.15) is 0 Å². The van der Waals surface area contributed by atoms with Gasteiger partial charge in [-0.1, -0.05) is 24.3 Å². The van der Waals surface area contributed by atoms with Crippen LogP contribution in [0.15, 0.2) is 60.0 Å². The Kier molecular flexibility index (Phi) is 7.02. The lowest BCUT2D eigenvalue weighted by atomic mass is 10.1. The van der Waals surface area contributed by atoms with Gasteiger partial charge in [0.15, 0.2) is 0 Å². The average molecular weight is 459 g/mol. The van der Waals surface area contributed by atoms with E-state index in [1.807, 2.05) is 29.6 Å². The standard InChI is InChI=1S/C23H27N2O4PS/c1-23(2,27)11-12-30(28,29)15-16-5-7-17(8-6-16)22(26)25-20-14-18(9-10-19(20)24)21-4-3-13-31-21/h3-10,13-14,27H,11-12,15,24H2,1-2H3,(H,25,26)(H,28,29). The second-order valence-corrected chi connectivity index (χ2v) is 11.6. The van der Waals surface area contributed by atoms with Crippen molar-refractivity contribution in [2.45, 2.75) is 32.0 Å². The molecule has 164 valence electrons. The SMILES string of the molecule is CC(C)(O)CCP(=O)(O)Cc1ccc(C(=O)Nc2cc(-c3cccs3)ccc2N)cc1. The number of benzene rings is 2. The summed E-state index contributed by atoms with van der Waals surface area (Å²) in [6.07, 6.45) is 0.284. The van der Waals surface area contributed by atoms with Crippen LogP contribution < -0.4 is 11.1 Å². The Morgan fingerprint density at radius 1 is 1.16 bits per heavy atom. The third-order valence-corrected chi connectivity index (χ3v) is 7.53. The van der Waals surface area contributed by atoms with Crippen LogP contribution in [-0.4, -0.2) is 27.7 Å². The molecule has 0 saturated heterocycles. The number of nitrogen functional groups attached to an aromatic ring is 1. The van der Waals surface area contributed by atoms with Gasteiger partial charge in [-0.3, -0.25) is 9.36 Å². The smallest absolute Gasteiger partial charge is 0.255 e. The van der Waals surface area contributed by atoms with E-state index >= 15 is 0 Å². The molecule has 0 spiro atoms. The highest BCUT2D eigenvalue weighted by atomic mass is 32.1. The van der Waals surface area contributed by atoms with Gasteiger partial charge < -0.3 is 21.1 Å². The summed E-state index contributed by atoms with van der Waals surface area (Å²) in [5, 5.41) is 14.6. The van der Waals surface area contributed by atoms with Crippen LogP contribution >= 0.6 is 18.7 Å². The largest absolute Gasteiger partial charge is 0.397 e. The second-order valence-electron chi connectivity index (χ2n) is 8.22. The molecule has 8 heteroatoms. The van der Waals surface area contributed by atoms with E-state index in [1.54, 1.807) is 55.5 Å². The fourth-order valence-electron chi connectivity index (χ4n) is 3.03. The molecule has 0 bridgehead atoms. The molecule has 2 aromatic carbocycles. The van der Waals surface area contributed by atoms with Crippen molar-refractivity contribution in [1.82, 2.24) is 0 Å². The van der Waals surface area contributed by atoms with Crippen LogP contribution in [-0.2, 0) is 10.7 Å². The molecule has 1 heterocycles. The fourth-order valence-corrected chi connectivity index (χ4v) is 5.59. The summed E-state index contributed by atoms with van der Waals surface area (Å²) in [7, 11) is -3.42. The van der Waals surface area contributed by atoms with Crippen molar-refractivity contribution in [3.8, 4) is 10.4 Å². The number of thiophene rings is 1. The van der Waals surface area contributed by atoms with E-state index in [9.17, 15) is 19.4 Å². The van der Waals surface area contributed by atoms with Gasteiger partial charge in [-0.05, 0) is 67.1 Å². The number of nitrogens with one attached hydrogen (secondary N) is 1. The van der Waals surface area contributed by atoms with E-state index in [0.717, 1.165) is 10.4 Å². The van der Waals surface area contributed by atoms with Gasteiger partial charge in [-0.25, -0.2) is 0 Å². The molecule has 0 aliphatic carbocycles. The first-order valence-electron chi connectivity index (χ1n) is 9.89. The zero-order valence-electron chi connectivity index (χ0n) is 17.5. The van der Waals surface area contributed by atoms with Gasteiger partial charge in [0.1, 0.15) is 0 Å². The molecule has 5 N–H and O–H groups in total. The molecule has 0 saturated carbocycles. The predicted octanol–water partition coefficient (Wildman–Crippen LogP) is 5.18. The Labute approximate surface area is 186 Å². The third kappa shape index (κ3) is 6.77. The molecule has 31 heavy (non-hydrogen) atoms. The van der Waals surface area contributed by atoms with Crippen molar-refractivity contribution in [2.75, 3.05) is 17.2 Å². The Morgan fingerprint density at radius 2 is 1.87 bits per heavy atom. The molecular formula is C23H27N2O4PS. The van der Waals surface area contributed by atoms with E-state index in [4.69, 9.17) is 5.73 Å². The van der Waals surface area contributed by atoms with Crippen molar-refractivity contribution in [1.29, 1.82) is 0 Å². The van der Waals surface area contributed by atoms with Crippen molar-refractivity contribution < 1.29 is 19.4 Å². The zero-order chi connectivity index (χ0) is 22.6. The highest BCUT2D eigenvalue weighted by Gasteiger charge is 2.23. The first-order chi connectivity index (χ1) is 14.5. The summed E-state index contributed by atoms with van der Waals surface area (Å²) < 4.78 is 12.4. The number of nitrogens with two attached hydrogens (primary N) is 1. The van der Waals surface area contributed by atoms with E-state index in [-0.39, 0.29) is 24.7 Å². The maximum atomic E-state index is 12.7. The number of rotatable bonds is 8. The molecule has 3 rings (SSSR count). The minimum absolute atomic E-state index is 0.000780. The summed E-state index contributed by atoms with van der Waals surface area (Å²) in [5.74, 6) is -0.309. The summed E-state index contributed by atoms with van der Waals surface area (Å²) in [6, 6.07) is 16.1. The maximum absolute atomic E-state index is 12.7. The average Bonchev–Trinajstić information content (AvgIpc) is 3.23. The highest BCUT2D eigenvalue weighted by Crippen LogP contribution is 2.46. The van der Waals surface area contributed by atoms with Crippen molar-refractivity contribution >= 4 is 36.0 Å². The van der Waals surface area contributed by atoms with Crippen LogP contribution in [0.5, 0.6) is 0 Å². The Morgan fingerprint density at radius 3 is 2.48 bits per heavy atom. The number of hydrogen-bond acceptors (Lipinski definition) is 5. The van der Waals surface area contributed by atoms with Crippen molar-refractivity contribution in [3.05, 3.63) is 71.1 Å². The molecule has 1 aromatic heterocycles. The highest BCUT2D eigenvalue weighted by molar-refractivity contribution is 7.57. The Bertz CT molecular complexity index is 1090. The molecule has 0 fully saturated rings. The van der Waals surface area contributed by atoms with Gasteiger partial charge in [0.05, 0.1) is 17.0 Å². The fraction of sp³-hybridized carbons (Fsp3) is 0.261. The van der Waals surface area contributed by atoms with Gasteiger partial charge in [0, 0.05) is 22.8 Å². The lowest BCUT2D eigenvalue weighted by Crippen LogP contribution is -2.20. The molecular weight excluding hydrogens is 431 g/mol. The van der Waals surface area contributed by atoms with Crippen LogP contribution in [0.4, 0.5) is 11.4 Å². The van der Waals surface area contributed by atoms with E-state index in [1.165, 1.54) is 0 Å². The normalized spacial score (nSPS) is 13.5. The van der Waals surface area contributed by atoms with Gasteiger partial charge in [-0.15, -0.1) is 11.3 Å². The molecule has 1 unspecified atom stereocenters. The Balaban J connectivity index is 1.67. The topological polar surface area (TPSA) is 113 Å². The van der Waals surface area contributed by atoms with Crippen LogP contribution in [0.25, 0.3) is 10.4 Å². The lowest BCUT2D eigenvalue weighted by Gasteiger charge is -2.19. The van der Waals surface area contributed by atoms with E-state index < -0.39 is 13.0 Å². The molecule has 0 aliphatic heterocycles. The first-order valence-corrected chi connectivity index (χ1v) is 12.8. The van der Waals surface area contributed by atoms with Gasteiger partial charge in [0.25, 0.3) is 5.91 Å². The third-order valence-electron chi connectivity index (χ3n) is 4.83. The predicted molar refractivity (Wildman–Crippen MR) is 128 cm³/mol. The summed E-state index contributed by atoms with van der Waals surface area (Å²) in [6.45, 7) is 3.23. The molecule has 0 aliphatic rings. The van der Waals surface area contributed by atoms with Crippen LogP contribution in [0.1, 0.15) is 36.2 Å². The van der Waals surface area contributed by atoms with Gasteiger partial charge >= 0.3 is 0 Å². The molecule has 3 aromatic rings. The van der Waals surface area contributed by atoms with E-state index in [2.05, 4.69) is 5.32 Å².